The van der Waals surface area contributed by atoms with Crippen molar-refractivity contribution in [3.63, 3.8) is 0 Å². The van der Waals surface area contributed by atoms with Crippen molar-refractivity contribution >= 4 is 17.4 Å². The summed E-state index contributed by atoms with van der Waals surface area (Å²) in [6.07, 6.45) is 1.26. The van der Waals surface area contributed by atoms with Crippen LogP contribution in [0, 0.1) is 0 Å². The van der Waals surface area contributed by atoms with E-state index in [4.69, 9.17) is 0 Å². The molecule has 0 bridgehead atoms. The number of aromatic nitrogens is 4. The van der Waals surface area contributed by atoms with Gasteiger partial charge in [-0.25, -0.2) is 0 Å². The van der Waals surface area contributed by atoms with E-state index in [1.54, 1.807) is 17.8 Å². The lowest BCUT2D eigenvalue weighted by atomic mass is 10.0. The zero-order chi connectivity index (χ0) is 14.2. The third-order valence-corrected chi connectivity index (χ3v) is 4.60. The van der Waals surface area contributed by atoms with Gasteiger partial charge >= 0.3 is 6.18 Å². The predicted molar refractivity (Wildman–Crippen MR) is 68.5 cm³/mol. The van der Waals surface area contributed by atoms with Gasteiger partial charge in [0.15, 0.2) is 5.65 Å². The maximum atomic E-state index is 12.8. The van der Waals surface area contributed by atoms with E-state index in [-0.39, 0.29) is 5.65 Å². The first-order chi connectivity index (χ1) is 9.54. The Balaban J connectivity index is 1.89. The van der Waals surface area contributed by atoms with Gasteiger partial charge in [-0.1, -0.05) is 19.3 Å². The Bertz CT molecular complexity index is 604. The molecule has 0 aromatic carbocycles. The molecule has 108 valence electrons. The first-order valence-electron chi connectivity index (χ1n) is 6.50. The van der Waals surface area contributed by atoms with Crippen molar-refractivity contribution in [3.8, 4) is 0 Å². The second kappa shape index (κ2) is 5.23. The molecule has 3 rings (SSSR count). The molecular formula is C12H13F3N4S. The second-order valence-corrected chi connectivity index (χ2v) is 6.16. The highest BCUT2D eigenvalue weighted by molar-refractivity contribution is 7.99. The molecule has 0 atom stereocenters. The summed E-state index contributed by atoms with van der Waals surface area (Å²) in [5.41, 5.74) is 0.116. The number of rotatable bonds is 2. The Labute approximate surface area is 117 Å². The van der Waals surface area contributed by atoms with Gasteiger partial charge in [0, 0.05) is 5.25 Å². The molecule has 0 aliphatic heterocycles. The van der Waals surface area contributed by atoms with Crippen molar-refractivity contribution in [2.75, 3.05) is 0 Å². The minimum absolute atomic E-state index is 0.116. The summed E-state index contributed by atoms with van der Waals surface area (Å²) in [5.74, 6) is -1.07. The fraction of sp³-hybridized carbons (Fsp3) is 0.583. The van der Waals surface area contributed by atoms with Gasteiger partial charge in [0.25, 0.3) is 5.82 Å². The summed E-state index contributed by atoms with van der Waals surface area (Å²) >= 11 is 1.55. The van der Waals surface area contributed by atoms with Crippen molar-refractivity contribution < 1.29 is 13.2 Å². The number of nitrogens with zero attached hydrogens (tertiary/aromatic N) is 4. The van der Waals surface area contributed by atoms with Crippen molar-refractivity contribution in [1.82, 2.24) is 19.8 Å². The third-order valence-electron chi connectivity index (χ3n) is 3.33. The molecule has 4 nitrogen and oxygen atoms in total. The predicted octanol–water partition coefficient (Wildman–Crippen LogP) is 3.57. The first-order valence-corrected chi connectivity index (χ1v) is 7.38. The van der Waals surface area contributed by atoms with Crippen molar-refractivity contribution in [3.05, 3.63) is 18.0 Å². The summed E-state index contributed by atoms with van der Waals surface area (Å²) in [6.45, 7) is 0. The average molecular weight is 302 g/mol. The molecule has 0 amide bonds. The second-order valence-electron chi connectivity index (χ2n) is 4.84. The highest BCUT2D eigenvalue weighted by atomic mass is 32.2. The van der Waals surface area contributed by atoms with Crippen molar-refractivity contribution in [2.24, 2.45) is 0 Å². The molecule has 1 saturated carbocycles. The lowest BCUT2D eigenvalue weighted by Crippen LogP contribution is -2.13. The summed E-state index contributed by atoms with van der Waals surface area (Å²) in [6, 6.07) is 3.24. The number of hydrogen-bond acceptors (Lipinski definition) is 4. The number of alkyl halides is 3. The highest BCUT2D eigenvalue weighted by Crippen LogP contribution is 2.33. The largest absolute Gasteiger partial charge is 0.453 e. The monoisotopic (exact) mass is 302 g/mol. The molecule has 0 radical (unpaired) electrons. The smallest absolute Gasteiger partial charge is 0.188 e. The minimum atomic E-state index is -4.54. The summed E-state index contributed by atoms with van der Waals surface area (Å²) in [5, 5.41) is 11.7. The molecule has 2 heterocycles. The van der Waals surface area contributed by atoms with Crippen molar-refractivity contribution in [2.45, 2.75) is 48.6 Å². The fourth-order valence-electron chi connectivity index (χ4n) is 2.37. The van der Waals surface area contributed by atoms with E-state index >= 15 is 0 Å². The standard InChI is InChI=1S/C12H13F3N4S/c13-12(14,15)11-17-16-9-6-7-10(18-19(9)11)20-8-4-2-1-3-5-8/h6-8H,1-5H2. The summed E-state index contributed by atoms with van der Waals surface area (Å²) < 4.78 is 39.1. The zero-order valence-electron chi connectivity index (χ0n) is 10.6. The molecule has 0 saturated heterocycles. The molecule has 0 spiro atoms. The van der Waals surface area contributed by atoms with Gasteiger partial charge in [-0.3, -0.25) is 0 Å². The van der Waals surface area contributed by atoms with Crippen LogP contribution in [0.3, 0.4) is 0 Å². The molecule has 1 fully saturated rings. The van der Waals surface area contributed by atoms with Crippen LogP contribution >= 0.6 is 11.8 Å². The molecule has 0 unspecified atom stereocenters. The Morgan fingerprint density at radius 3 is 2.55 bits per heavy atom. The maximum absolute atomic E-state index is 12.8. The Morgan fingerprint density at radius 2 is 1.85 bits per heavy atom. The van der Waals surface area contributed by atoms with Gasteiger partial charge in [0.05, 0.1) is 0 Å². The van der Waals surface area contributed by atoms with E-state index in [9.17, 15) is 13.2 Å². The van der Waals surface area contributed by atoms with Gasteiger partial charge in [-0.15, -0.1) is 22.0 Å². The molecule has 2 aromatic heterocycles. The van der Waals surface area contributed by atoms with Crippen LogP contribution in [0.5, 0.6) is 0 Å². The summed E-state index contributed by atoms with van der Waals surface area (Å²) in [4.78, 5) is 0. The number of halogens is 3. The molecule has 20 heavy (non-hydrogen) atoms. The van der Waals surface area contributed by atoms with E-state index in [0.29, 0.717) is 10.3 Å². The highest BCUT2D eigenvalue weighted by Gasteiger charge is 2.37. The van der Waals surface area contributed by atoms with Gasteiger partial charge < -0.3 is 0 Å². The van der Waals surface area contributed by atoms with Crippen LogP contribution in [0.4, 0.5) is 13.2 Å². The van der Waals surface area contributed by atoms with Crippen LogP contribution < -0.4 is 0 Å². The van der Waals surface area contributed by atoms with Crippen LogP contribution in [-0.4, -0.2) is 25.1 Å². The van der Waals surface area contributed by atoms with E-state index in [1.807, 2.05) is 0 Å². The lowest BCUT2D eigenvalue weighted by molar-refractivity contribution is -0.146. The van der Waals surface area contributed by atoms with E-state index < -0.39 is 12.0 Å². The van der Waals surface area contributed by atoms with Gasteiger partial charge in [-0.05, 0) is 25.0 Å². The number of hydrogen-bond donors (Lipinski definition) is 0. The van der Waals surface area contributed by atoms with E-state index in [1.165, 1.54) is 25.3 Å². The van der Waals surface area contributed by atoms with Gasteiger partial charge in [0.1, 0.15) is 5.03 Å². The van der Waals surface area contributed by atoms with Crippen LogP contribution in [0.1, 0.15) is 37.9 Å². The molecule has 8 heteroatoms. The summed E-state index contributed by atoms with van der Waals surface area (Å²) in [7, 11) is 0. The maximum Gasteiger partial charge on any atom is 0.453 e. The van der Waals surface area contributed by atoms with Crippen LogP contribution in [0.25, 0.3) is 5.65 Å². The van der Waals surface area contributed by atoms with Gasteiger partial charge in [-0.2, -0.15) is 22.8 Å². The third kappa shape index (κ3) is 2.74. The first kappa shape index (κ1) is 13.7. The fourth-order valence-corrected chi connectivity index (χ4v) is 3.55. The minimum Gasteiger partial charge on any atom is -0.188 e. The number of fused-ring (bicyclic) bond motifs is 1. The van der Waals surface area contributed by atoms with Gasteiger partial charge in [0.2, 0.25) is 0 Å². The number of thioether (sulfide) groups is 1. The van der Waals surface area contributed by atoms with Crippen molar-refractivity contribution in [1.29, 1.82) is 0 Å². The molecule has 1 aliphatic rings. The quantitative estimate of drug-likeness (QED) is 0.850. The molecule has 1 aliphatic carbocycles. The van der Waals surface area contributed by atoms with Crippen LogP contribution in [-0.2, 0) is 6.18 Å². The van der Waals surface area contributed by atoms with Crippen LogP contribution in [0.15, 0.2) is 17.2 Å². The molecule has 2 aromatic rings. The van der Waals surface area contributed by atoms with Crippen LogP contribution in [0.2, 0.25) is 0 Å². The lowest BCUT2D eigenvalue weighted by Gasteiger charge is -2.20. The molecular weight excluding hydrogens is 289 g/mol. The normalized spacial score (nSPS) is 17.8. The SMILES string of the molecule is FC(F)(F)c1nnc2ccc(SC3CCCCC3)nn12. The topological polar surface area (TPSA) is 43.1 Å². The zero-order valence-corrected chi connectivity index (χ0v) is 11.4. The molecule has 0 N–H and O–H groups in total. The Hall–Kier alpha value is -1.31. The Kier molecular flexibility index (Phi) is 3.57. The van der Waals surface area contributed by atoms with E-state index in [2.05, 4.69) is 15.3 Å². The Morgan fingerprint density at radius 1 is 1.10 bits per heavy atom. The van der Waals surface area contributed by atoms with E-state index in [0.717, 1.165) is 17.4 Å². The average Bonchev–Trinajstić information content (AvgIpc) is 2.83.